The standard InChI is InChI=1S/C29H36N11O10PS4/c1-3-50-37-20(22-35-28(55-39-22)38-51(47,48)49)18(41)11-15(23(42)36-27(31)32-8-4-5-16(30)25(43)44)24-34-21(26(45)46)19(13-52-24)54-29-33-17(12-53-29)14-6-9-40(2)10-7-14/h6-7,9-10,12,15-16,24,34H,3-5,8,11,13,30H2,1-2H3,(H7-,31,32,35,36,38,39,42,43,44,45,46,47,48,49)/p-1/b37-20+/t15-,16-,24-/m1/s1. The summed E-state index contributed by atoms with van der Waals surface area (Å²) >= 11 is 4.05. The second-order valence-corrected chi connectivity index (χ2v) is 16.7. The lowest BCUT2D eigenvalue weighted by Crippen LogP contribution is -2.51. The molecular weight excluding hydrogens is 822 g/mol. The number of rotatable bonds is 19. The predicted molar refractivity (Wildman–Crippen MR) is 200 cm³/mol. The van der Waals surface area contributed by atoms with Crippen LogP contribution in [0, 0.1) is 5.92 Å². The third-order valence-corrected chi connectivity index (χ3v) is 11.9. The van der Waals surface area contributed by atoms with Crippen LogP contribution < -0.4 is 42.0 Å². The highest BCUT2D eigenvalue weighted by atomic mass is 32.2. The molecule has 0 saturated heterocycles. The maximum atomic E-state index is 13.8. The summed E-state index contributed by atoms with van der Waals surface area (Å²) in [7, 11) is -2.90. The van der Waals surface area contributed by atoms with E-state index in [2.05, 4.69) is 35.1 Å². The molecular formula is C29H35N11O10PS4-. The Morgan fingerprint density at radius 2 is 1.96 bits per heavy atom. The van der Waals surface area contributed by atoms with Crippen LogP contribution in [0.3, 0.4) is 0 Å². The monoisotopic (exact) mass is 856 g/mol. The molecule has 55 heavy (non-hydrogen) atoms. The minimum Gasteiger partial charge on any atom is -0.548 e. The van der Waals surface area contributed by atoms with E-state index < -0.39 is 60.8 Å². The third kappa shape index (κ3) is 13.1. The summed E-state index contributed by atoms with van der Waals surface area (Å²) in [5.41, 5.74) is 12.1. The number of aromatic nitrogens is 4. The predicted octanol–water partition coefficient (Wildman–Crippen LogP) is -1.99. The normalized spacial score (nSPS) is 16.2. The molecule has 9 N–H and O–H groups in total. The zero-order chi connectivity index (χ0) is 40.3. The minimum absolute atomic E-state index is 0.00419. The largest absolute Gasteiger partial charge is 0.548 e. The average Bonchev–Trinajstić information content (AvgIpc) is 3.78. The van der Waals surface area contributed by atoms with E-state index in [-0.39, 0.29) is 54.4 Å². The number of oxime groups is 1. The van der Waals surface area contributed by atoms with Gasteiger partial charge in [-0.2, -0.15) is 9.36 Å². The van der Waals surface area contributed by atoms with Crippen LogP contribution in [0.5, 0.6) is 0 Å². The fraction of sp³-hybridized carbons (Fsp3) is 0.379. The molecule has 0 radical (unpaired) electrons. The first-order valence-electron chi connectivity index (χ1n) is 15.9. The van der Waals surface area contributed by atoms with Gasteiger partial charge in [-0.1, -0.05) is 16.9 Å². The first-order chi connectivity index (χ1) is 26.0. The van der Waals surface area contributed by atoms with Crippen molar-refractivity contribution in [1.82, 2.24) is 25.0 Å². The molecule has 4 heterocycles. The van der Waals surface area contributed by atoms with Gasteiger partial charge in [0, 0.05) is 64.3 Å². The number of carboxylic acid groups (broad SMARTS) is 2. The van der Waals surface area contributed by atoms with Gasteiger partial charge in [0.05, 0.1) is 34.6 Å². The summed E-state index contributed by atoms with van der Waals surface area (Å²) in [4.78, 5) is 87.4. The van der Waals surface area contributed by atoms with Crippen molar-refractivity contribution in [3.05, 3.63) is 46.3 Å². The lowest BCUT2D eigenvalue weighted by molar-refractivity contribution is -0.671. The number of hydrogen-bond donors (Lipinski definition) is 7. The molecule has 4 rings (SSSR count). The Hall–Kier alpha value is -4.49. The van der Waals surface area contributed by atoms with E-state index in [9.17, 15) is 43.7 Å². The zero-order valence-corrected chi connectivity index (χ0v) is 33.1. The summed E-state index contributed by atoms with van der Waals surface area (Å²) in [5.74, 6) is -6.76. The number of carbonyl (C=O) groups excluding carboxylic acids is 4. The van der Waals surface area contributed by atoms with Crippen LogP contribution in [0.2, 0.25) is 0 Å². The number of nitrogens with two attached hydrogens (primary N) is 2. The number of carboxylic acids is 2. The molecule has 0 aliphatic carbocycles. The van der Waals surface area contributed by atoms with E-state index in [1.807, 2.05) is 46.6 Å². The molecule has 1 amide bonds. The molecule has 0 spiro atoms. The molecule has 3 aromatic heterocycles. The van der Waals surface area contributed by atoms with Crippen molar-refractivity contribution in [3.63, 3.8) is 0 Å². The van der Waals surface area contributed by atoms with E-state index in [0.717, 1.165) is 29.1 Å². The first-order valence-corrected chi connectivity index (χ1v) is 21.1. The number of anilines is 1. The smallest absolute Gasteiger partial charge is 0.429 e. The number of aryl methyl sites for hydroxylation is 1. The van der Waals surface area contributed by atoms with E-state index in [1.165, 1.54) is 11.3 Å². The summed E-state index contributed by atoms with van der Waals surface area (Å²) in [6, 6.07) is 2.56. The fourth-order valence-corrected chi connectivity index (χ4v) is 9.15. The number of aliphatic carboxylic acids is 2. The van der Waals surface area contributed by atoms with E-state index in [0.29, 0.717) is 26.5 Å². The number of Topliss-reactive ketones (excluding diaryl/α,β-unsaturated/α-hetero) is 1. The number of aliphatic imine (C=N–C) groups is 1. The second kappa shape index (κ2) is 19.9. The molecule has 0 bridgehead atoms. The molecule has 296 valence electrons. The number of thiazole rings is 1. The SMILES string of the molecule is CCO/N=C(\C(=O)C[C@H](C(=O)NC(N)=NCCC[C@@H](N)C(=O)[O-])[C@@H]1NC(C(=O)[O-])=C(Sc2nc(-c3cc[n+](C)cc3)cs2)CS1)c1nsc(NP(=O)(O)O)n1. The highest BCUT2D eigenvalue weighted by Gasteiger charge is 2.37. The molecule has 21 nitrogen and oxygen atoms in total. The summed E-state index contributed by atoms with van der Waals surface area (Å²) in [6.45, 7) is 1.56. The Labute approximate surface area is 329 Å². The quantitative estimate of drug-likeness (QED) is 0.0171. The number of hydrogen-bond acceptors (Lipinski definition) is 19. The van der Waals surface area contributed by atoms with Gasteiger partial charge in [-0.25, -0.2) is 14.1 Å². The zero-order valence-electron chi connectivity index (χ0n) is 28.9. The first kappa shape index (κ1) is 43.2. The summed E-state index contributed by atoms with van der Waals surface area (Å²) in [6.07, 6.45) is 3.30. The number of carbonyl (C=O) groups is 4. The third-order valence-electron chi connectivity index (χ3n) is 7.18. The van der Waals surface area contributed by atoms with Crippen molar-refractivity contribution in [1.29, 1.82) is 0 Å². The van der Waals surface area contributed by atoms with Crippen LogP contribution in [-0.4, -0.2) is 89.7 Å². The Bertz CT molecular complexity index is 2020. The van der Waals surface area contributed by atoms with Crippen LogP contribution in [0.15, 0.2) is 55.0 Å². The molecule has 3 aromatic rings. The van der Waals surface area contributed by atoms with Gasteiger partial charge in [0.2, 0.25) is 16.9 Å². The van der Waals surface area contributed by atoms with Gasteiger partial charge < -0.3 is 51.2 Å². The topological polar surface area (TPSA) is 337 Å². The molecule has 1 aliphatic rings. The average molecular weight is 857 g/mol. The number of amides is 1. The number of thioether (sulfide) groups is 2. The Morgan fingerprint density at radius 3 is 2.62 bits per heavy atom. The Balaban J connectivity index is 1.60. The maximum absolute atomic E-state index is 13.8. The van der Waals surface area contributed by atoms with Gasteiger partial charge in [-0.3, -0.25) is 25.0 Å². The minimum atomic E-state index is -4.78. The Morgan fingerprint density at radius 1 is 1.24 bits per heavy atom. The number of nitrogens with zero attached hydrogens (tertiary/aromatic N) is 6. The highest BCUT2D eigenvalue weighted by molar-refractivity contribution is 8.07. The fourth-order valence-electron chi connectivity index (χ4n) is 4.54. The van der Waals surface area contributed by atoms with Crippen molar-refractivity contribution in [2.24, 2.45) is 34.6 Å². The lowest BCUT2D eigenvalue weighted by Gasteiger charge is -2.33. The van der Waals surface area contributed by atoms with Crippen molar-refractivity contribution in [2.45, 2.75) is 41.9 Å². The van der Waals surface area contributed by atoms with Crippen molar-refractivity contribution in [3.8, 4) is 11.3 Å². The van der Waals surface area contributed by atoms with Crippen molar-refractivity contribution in [2.75, 3.05) is 24.0 Å². The lowest BCUT2D eigenvalue weighted by atomic mass is 9.98. The molecule has 0 fully saturated rings. The molecule has 0 aromatic carbocycles. The number of guanidine groups is 1. The molecule has 0 saturated carbocycles. The molecule has 3 atom stereocenters. The van der Waals surface area contributed by atoms with Crippen molar-refractivity contribution >= 4 is 94.6 Å². The van der Waals surface area contributed by atoms with E-state index in [1.54, 1.807) is 6.92 Å². The van der Waals surface area contributed by atoms with E-state index in [4.69, 9.17) is 16.3 Å². The van der Waals surface area contributed by atoms with Crippen LogP contribution >= 0.6 is 54.1 Å². The molecule has 1 aliphatic heterocycles. The van der Waals surface area contributed by atoms with Gasteiger partial charge in [-0.05, 0) is 19.8 Å². The molecule has 26 heteroatoms. The second-order valence-electron chi connectivity index (χ2n) is 11.3. The van der Waals surface area contributed by atoms with Gasteiger partial charge in [-0.15, -0.1) is 23.1 Å². The number of nitrogens with one attached hydrogen (secondary N) is 3. The summed E-state index contributed by atoms with van der Waals surface area (Å²) < 4.78 is 17.8. The van der Waals surface area contributed by atoms with Crippen LogP contribution in [0.25, 0.3) is 11.3 Å². The van der Waals surface area contributed by atoms with Gasteiger partial charge in [0.15, 0.2) is 34.2 Å². The van der Waals surface area contributed by atoms with Gasteiger partial charge >= 0.3 is 7.75 Å². The van der Waals surface area contributed by atoms with Crippen LogP contribution in [0.4, 0.5) is 5.13 Å². The number of ketones is 1. The molecule has 0 unspecified atom stereocenters. The number of pyridine rings is 1. The van der Waals surface area contributed by atoms with Crippen LogP contribution in [0.1, 0.15) is 32.0 Å². The van der Waals surface area contributed by atoms with E-state index >= 15 is 0 Å². The summed E-state index contributed by atoms with van der Waals surface area (Å²) in [5, 5.41) is 34.6. The van der Waals surface area contributed by atoms with Crippen molar-refractivity contribution < 1.29 is 53.1 Å². The van der Waals surface area contributed by atoms with Crippen LogP contribution in [-0.2, 0) is 35.6 Å². The maximum Gasteiger partial charge on any atom is 0.429 e. The Kier molecular flexibility index (Phi) is 15.6. The van der Waals surface area contributed by atoms with Gasteiger partial charge in [0.25, 0.3) is 0 Å². The highest BCUT2D eigenvalue weighted by Crippen LogP contribution is 2.40. The van der Waals surface area contributed by atoms with Gasteiger partial charge in [0.1, 0.15) is 13.7 Å².